The van der Waals surface area contributed by atoms with Crippen LogP contribution in [0.4, 0.5) is 0 Å². The van der Waals surface area contributed by atoms with Gasteiger partial charge in [0.15, 0.2) is 34.5 Å². The number of phenols is 2. The second-order valence-electron chi connectivity index (χ2n) is 12.7. The van der Waals surface area contributed by atoms with Gasteiger partial charge >= 0.3 is 11.6 Å². The molecule has 0 unspecified atom stereocenters. The van der Waals surface area contributed by atoms with Crippen molar-refractivity contribution in [1.29, 1.82) is 0 Å². The quantitative estimate of drug-likeness (QED) is 0.146. The Bertz CT molecular complexity index is 2340. The summed E-state index contributed by atoms with van der Waals surface area (Å²) in [4.78, 5) is 0. The second-order valence-corrected chi connectivity index (χ2v) is 12.7. The smallest absolute Gasteiger partial charge is 0.305 e. The van der Waals surface area contributed by atoms with Gasteiger partial charge in [-0.15, -0.1) is 0 Å². The fourth-order valence-electron chi connectivity index (χ4n) is 7.45. The zero-order valence-corrected chi connectivity index (χ0v) is 26.5. The zero-order chi connectivity index (χ0) is 33.5. The molecule has 0 spiro atoms. The normalized spacial score (nSPS) is 15.1. The Balaban J connectivity index is 1.22. The van der Waals surface area contributed by atoms with Crippen LogP contribution in [0.15, 0.2) is 158 Å². The number of benzene rings is 8. The third-order valence-corrected chi connectivity index (χ3v) is 9.78. The molecule has 10 rings (SSSR count). The molecule has 6 nitrogen and oxygen atoms in total. The van der Waals surface area contributed by atoms with Gasteiger partial charge in [0, 0.05) is 22.3 Å². The van der Waals surface area contributed by atoms with Gasteiger partial charge in [-0.25, -0.2) is 0 Å². The first-order chi connectivity index (χ1) is 24.5. The minimum absolute atomic E-state index is 0.216. The average molecular weight is 653 g/mol. The third kappa shape index (κ3) is 4.02. The van der Waals surface area contributed by atoms with Gasteiger partial charge in [-0.2, -0.15) is 0 Å². The molecule has 2 N–H and O–H groups in total. The Morgan fingerprint density at radius 3 is 0.760 bits per heavy atom. The van der Waals surface area contributed by atoms with E-state index < -0.39 is 11.6 Å². The average Bonchev–Trinajstić information content (AvgIpc) is 3.76. The van der Waals surface area contributed by atoms with Crippen LogP contribution in [0.1, 0.15) is 22.3 Å². The summed E-state index contributed by atoms with van der Waals surface area (Å²) < 4.78 is 27.3. The summed E-state index contributed by atoms with van der Waals surface area (Å²) in [7, 11) is 0. The van der Waals surface area contributed by atoms with E-state index in [0.29, 0.717) is 23.0 Å². The predicted molar refractivity (Wildman–Crippen MR) is 192 cm³/mol. The highest BCUT2D eigenvalue weighted by atomic mass is 16.7. The monoisotopic (exact) mass is 652 g/mol. The molecule has 2 aliphatic heterocycles. The van der Waals surface area contributed by atoms with Gasteiger partial charge in [-0.3, -0.25) is 0 Å². The van der Waals surface area contributed by atoms with E-state index >= 15 is 0 Å². The summed E-state index contributed by atoms with van der Waals surface area (Å²) >= 11 is 0. The minimum atomic E-state index is -1.21. The fraction of sp³-hybridized carbons (Fsp3) is 0.0455. The maximum Gasteiger partial charge on any atom is 0.305 e. The molecule has 50 heavy (non-hydrogen) atoms. The van der Waals surface area contributed by atoms with Crippen molar-refractivity contribution in [3.8, 4) is 34.5 Å². The highest BCUT2D eigenvalue weighted by Crippen LogP contribution is 2.54. The summed E-state index contributed by atoms with van der Waals surface area (Å²) in [5.74, 6) is -0.575. The van der Waals surface area contributed by atoms with Gasteiger partial charge < -0.3 is 29.2 Å². The van der Waals surface area contributed by atoms with Crippen LogP contribution in [0.3, 0.4) is 0 Å². The topological polar surface area (TPSA) is 77.4 Å². The lowest BCUT2D eigenvalue weighted by molar-refractivity contribution is -0.0461. The van der Waals surface area contributed by atoms with Crippen LogP contribution in [0.2, 0.25) is 0 Å². The number of fused-ring (bicyclic) bond motifs is 8. The Morgan fingerprint density at radius 2 is 0.520 bits per heavy atom. The van der Waals surface area contributed by atoms with Gasteiger partial charge in [0.1, 0.15) is 0 Å². The molecule has 0 bridgehead atoms. The molecule has 240 valence electrons. The Morgan fingerprint density at radius 1 is 0.300 bits per heavy atom. The molecule has 8 aromatic carbocycles. The van der Waals surface area contributed by atoms with Crippen molar-refractivity contribution in [1.82, 2.24) is 0 Å². The van der Waals surface area contributed by atoms with Crippen molar-refractivity contribution in [2.45, 2.75) is 11.6 Å². The molecule has 0 aromatic heterocycles. The van der Waals surface area contributed by atoms with Crippen LogP contribution in [0.25, 0.3) is 32.3 Å². The lowest BCUT2D eigenvalue weighted by Gasteiger charge is -2.28. The lowest BCUT2D eigenvalue weighted by atomic mass is 9.93. The lowest BCUT2D eigenvalue weighted by Crippen LogP contribution is -2.36. The van der Waals surface area contributed by atoms with Crippen molar-refractivity contribution in [3.05, 3.63) is 180 Å². The van der Waals surface area contributed by atoms with E-state index in [0.717, 1.165) is 54.6 Å². The number of phenolic OH excluding ortho intramolecular Hbond substituents is 2. The summed E-state index contributed by atoms with van der Waals surface area (Å²) in [6.45, 7) is 0. The van der Waals surface area contributed by atoms with Crippen molar-refractivity contribution < 1.29 is 29.2 Å². The predicted octanol–water partition coefficient (Wildman–Crippen LogP) is 9.90. The van der Waals surface area contributed by atoms with Crippen molar-refractivity contribution in [2.24, 2.45) is 0 Å². The molecular formula is C44H28O6. The van der Waals surface area contributed by atoms with Gasteiger partial charge in [-0.05, 0) is 68.7 Å². The molecule has 0 fully saturated rings. The zero-order valence-electron chi connectivity index (χ0n) is 26.5. The molecule has 0 atom stereocenters. The van der Waals surface area contributed by atoms with Crippen LogP contribution in [-0.4, -0.2) is 10.2 Å². The molecule has 2 heterocycles. The SMILES string of the molecule is Oc1cc2c(cc1O)c1cc3c(cc1c1cc4c(cc21)OC(c1ccccc1)(c1ccccc1)O4)OC(c1ccccc1)(c1ccccc1)O3. The fourth-order valence-corrected chi connectivity index (χ4v) is 7.45. The van der Waals surface area contributed by atoms with Crippen LogP contribution >= 0.6 is 0 Å². The molecule has 6 heteroatoms. The van der Waals surface area contributed by atoms with Crippen LogP contribution in [0.5, 0.6) is 34.5 Å². The molecule has 0 radical (unpaired) electrons. The number of aromatic hydroxyl groups is 2. The maximum atomic E-state index is 10.7. The number of ether oxygens (including phenoxy) is 4. The van der Waals surface area contributed by atoms with E-state index in [4.69, 9.17) is 18.9 Å². The van der Waals surface area contributed by atoms with Crippen LogP contribution < -0.4 is 18.9 Å². The summed E-state index contributed by atoms with van der Waals surface area (Å²) in [5, 5.41) is 26.3. The first kappa shape index (κ1) is 28.4. The molecule has 0 aliphatic carbocycles. The highest BCUT2D eigenvalue weighted by molar-refractivity contribution is 6.27. The van der Waals surface area contributed by atoms with E-state index in [1.54, 1.807) is 12.1 Å². The molecular weight excluding hydrogens is 624 g/mol. The molecule has 8 aromatic rings. The summed E-state index contributed by atoms with van der Waals surface area (Å²) in [6, 6.07) is 50.7. The van der Waals surface area contributed by atoms with Crippen LogP contribution in [0, 0.1) is 0 Å². The van der Waals surface area contributed by atoms with E-state index in [9.17, 15) is 10.2 Å². The van der Waals surface area contributed by atoms with E-state index in [1.807, 2.05) is 146 Å². The molecule has 0 saturated carbocycles. The van der Waals surface area contributed by atoms with Gasteiger partial charge in [0.2, 0.25) is 0 Å². The third-order valence-electron chi connectivity index (χ3n) is 9.78. The van der Waals surface area contributed by atoms with Crippen molar-refractivity contribution in [2.75, 3.05) is 0 Å². The summed E-state index contributed by atoms with van der Waals surface area (Å²) in [6.07, 6.45) is 0. The van der Waals surface area contributed by atoms with Crippen molar-refractivity contribution in [3.63, 3.8) is 0 Å². The largest absolute Gasteiger partial charge is 0.504 e. The van der Waals surface area contributed by atoms with Gasteiger partial charge in [0.25, 0.3) is 0 Å². The molecule has 0 saturated heterocycles. The number of hydrogen-bond donors (Lipinski definition) is 2. The van der Waals surface area contributed by atoms with Crippen LogP contribution in [-0.2, 0) is 11.6 Å². The first-order valence-electron chi connectivity index (χ1n) is 16.4. The van der Waals surface area contributed by atoms with E-state index in [2.05, 4.69) is 0 Å². The van der Waals surface area contributed by atoms with Crippen molar-refractivity contribution >= 4 is 32.3 Å². The minimum Gasteiger partial charge on any atom is -0.504 e. The maximum absolute atomic E-state index is 10.7. The Hall–Kier alpha value is -6.66. The highest BCUT2D eigenvalue weighted by Gasteiger charge is 2.47. The Labute approximate surface area is 286 Å². The van der Waals surface area contributed by atoms with E-state index in [-0.39, 0.29) is 11.5 Å². The first-order valence-corrected chi connectivity index (χ1v) is 16.4. The van der Waals surface area contributed by atoms with E-state index in [1.165, 1.54) is 0 Å². The van der Waals surface area contributed by atoms with Gasteiger partial charge in [-0.1, -0.05) is 121 Å². The summed E-state index contributed by atoms with van der Waals surface area (Å²) in [5.41, 5.74) is 3.41. The number of rotatable bonds is 4. The molecule has 0 amide bonds. The molecule has 2 aliphatic rings. The Kier molecular flexibility index (Phi) is 5.91. The standard InChI is InChI=1S/C44H28O6/c45-37-21-31-32(22-38(37)46)34-24-40-42(50-44(48-40,29-17-9-3-10-18-29)30-19-11-4-12-20-30)26-36(34)35-25-41-39(23-33(31)35)47-43(49-41,27-13-5-1-6-14-27)28-15-7-2-8-16-28/h1-26,45-46H. The second kappa shape index (κ2) is 10.4. The van der Waals surface area contributed by atoms with Gasteiger partial charge in [0.05, 0.1) is 0 Å². The number of hydrogen-bond acceptors (Lipinski definition) is 6.